The lowest BCUT2D eigenvalue weighted by molar-refractivity contribution is -0.128. The number of halogens is 1. The molecule has 0 aromatic heterocycles. The minimum Gasteiger partial charge on any atom is -0.340 e. The van der Waals surface area contributed by atoms with Gasteiger partial charge in [-0.05, 0) is 36.8 Å². The largest absolute Gasteiger partial charge is 0.340 e. The lowest BCUT2D eigenvalue weighted by Gasteiger charge is -2.25. The second-order valence-electron chi connectivity index (χ2n) is 5.98. The Kier molecular flexibility index (Phi) is 6.08. The predicted molar refractivity (Wildman–Crippen MR) is 101 cm³/mol. The molecule has 2 aromatic rings. The van der Waals surface area contributed by atoms with Gasteiger partial charge in [-0.15, -0.1) is 0 Å². The van der Waals surface area contributed by atoms with Crippen LogP contribution in [0.4, 0.5) is 5.69 Å². The molecule has 0 atom stereocenters. The average Bonchev–Trinajstić information content (AvgIpc) is 2.54. The number of hydrogen-bond donors (Lipinski definition) is 0. The summed E-state index contributed by atoms with van der Waals surface area (Å²) in [5, 5.41) is 0.625. The number of nitrogens with zero attached hydrogens (tertiary/aromatic N) is 2. The molecule has 0 radical (unpaired) electrons. The summed E-state index contributed by atoms with van der Waals surface area (Å²) in [5.74, 6) is -0.291. The molecule has 0 aliphatic heterocycles. The normalized spacial score (nSPS) is 11.2. The zero-order chi connectivity index (χ0) is 18.6. The van der Waals surface area contributed by atoms with Crippen molar-refractivity contribution in [3.63, 3.8) is 0 Å². The van der Waals surface area contributed by atoms with Gasteiger partial charge in [0.05, 0.1) is 11.9 Å². The molecule has 0 saturated heterocycles. The molecule has 1 amide bonds. The smallest absolute Gasteiger partial charge is 0.243 e. The molecule has 0 N–H and O–H groups in total. The number of hydrogen-bond acceptors (Lipinski definition) is 3. The molecule has 134 valence electrons. The van der Waals surface area contributed by atoms with Gasteiger partial charge in [0.25, 0.3) is 0 Å². The van der Waals surface area contributed by atoms with E-state index in [2.05, 4.69) is 0 Å². The van der Waals surface area contributed by atoms with Crippen molar-refractivity contribution in [1.82, 2.24) is 4.90 Å². The second kappa shape index (κ2) is 7.89. The van der Waals surface area contributed by atoms with Crippen molar-refractivity contribution in [2.45, 2.75) is 13.5 Å². The van der Waals surface area contributed by atoms with Gasteiger partial charge >= 0.3 is 0 Å². The summed E-state index contributed by atoms with van der Waals surface area (Å²) in [6.07, 6.45) is 1.10. The summed E-state index contributed by atoms with van der Waals surface area (Å²) in [5.41, 5.74) is 2.41. The summed E-state index contributed by atoms with van der Waals surface area (Å²) in [7, 11) is -1.92. The predicted octanol–water partition coefficient (Wildman–Crippen LogP) is 3.07. The Hall–Kier alpha value is -2.05. The van der Waals surface area contributed by atoms with Crippen LogP contribution in [0, 0.1) is 6.92 Å². The fourth-order valence-electron chi connectivity index (χ4n) is 2.31. The van der Waals surface area contributed by atoms with Gasteiger partial charge in [-0.1, -0.05) is 41.4 Å². The number of sulfonamides is 1. The minimum absolute atomic E-state index is 0.244. The average molecular weight is 381 g/mol. The van der Waals surface area contributed by atoms with E-state index in [0.717, 1.165) is 21.7 Å². The standard InChI is InChI=1S/C18H21ClN2O3S/c1-14-4-10-17(11-5-14)21(25(3,23)24)13-18(22)20(2)12-15-6-8-16(19)9-7-15/h4-11H,12-13H2,1-3H3. The summed E-state index contributed by atoms with van der Waals surface area (Å²) in [4.78, 5) is 14.0. The Bertz CT molecular complexity index is 834. The number of likely N-dealkylation sites (N-methyl/N-ethyl adjacent to an activating group) is 1. The van der Waals surface area contributed by atoms with Crippen LogP contribution in [0.3, 0.4) is 0 Å². The first kappa shape index (κ1) is 19.3. The van der Waals surface area contributed by atoms with Gasteiger partial charge in [0.15, 0.2) is 0 Å². The van der Waals surface area contributed by atoms with Crippen molar-refractivity contribution in [2.75, 3.05) is 24.2 Å². The third-order valence-electron chi connectivity index (χ3n) is 3.76. The van der Waals surface area contributed by atoms with Crippen LogP contribution < -0.4 is 4.31 Å². The number of amides is 1. The molecular weight excluding hydrogens is 360 g/mol. The van der Waals surface area contributed by atoms with E-state index in [1.165, 1.54) is 4.90 Å². The van der Waals surface area contributed by atoms with Crippen molar-refractivity contribution < 1.29 is 13.2 Å². The van der Waals surface area contributed by atoms with Gasteiger partial charge in [-0.25, -0.2) is 8.42 Å². The second-order valence-corrected chi connectivity index (χ2v) is 8.32. The zero-order valence-corrected chi connectivity index (χ0v) is 16.0. The molecule has 2 aromatic carbocycles. The highest BCUT2D eigenvalue weighted by Crippen LogP contribution is 2.18. The van der Waals surface area contributed by atoms with E-state index in [1.807, 2.05) is 31.2 Å². The topological polar surface area (TPSA) is 57.7 Å². The number of anilines is 1. The Morgan fingerprint density at radius 1 is 1.04 bits per heavy atom. The fraction of sp³-hybridized carbons (Fsp3) is 0.278. The summed E-state index contributed by atoms with van der Waals surface area (Å²) < 4.78 is 25.3. The van der Waals surface area contributed by atoms with Crippen LogP contribution in [-0.4, -0.2) is 39.1 Å². The molecule has 0 spiro atoms. The molecular formula is C18H21ClN2O3S. The maximum absolute atomic E-state index is 12.5. The van der Waals surface area contributed by atoms with E-state index in [1.54, 1.807) is 31.3 Å². The Labute approximate surface area is 153 Å². The van der Waals surface area contributed by atoms with Crippen molar-refractivity contribution in [1.29, 1.82) is 0 Å². The molecule has 0 aliphatic carbocycles. The van der Waals surface area contributed by atoms with Gasteiger partial charge in [0.1, 0.15) is 6.54 Å². The molecule has 2 rings (SSSR count). The van der Waals surface area contributed by atoms with E-state index in [9.17, 15) is 13.2 Å². The van der Waals surface area contributed by atoms with Gasteiger partial charge in [0, 0.05) is 18.6 Å². The van der Waals surface area contributed by atoms with E-state index < -0.39 is 10.0 Å². The summed E-state index contributed by atoms with van der Waals surface area (Å²) in [6.45, 7) is 2.05. The monoisotopic (exact) mass is 380 g/mol. The van der Waals surface area contributed by atoms with Crippen molar-refractivity contribution in [3.05, 3.63) is 64.7 Å². The maximum Gasteiger partial charge on any atom is 0.243 e. The van der Waals surface area contributed by atoms with E-state index in [0.29, 0.717) is 17.3 Å². The van der Waals surface area contributed by atoms with Crippen LogP contribution in [0.2, 0.25) is 5.02 Å². The SMILES string of the molecule is Cc1ccc(N(CC(=O)N(C)Cc2ccc(Cl)cc2)S(C)(=O)=O)cc1. The van der Waals surface area contributed by atoms with Crippen molar-refractivity contribution in [2.24, 2.45) is 0 Å². The molecule has 0 heterocycles. The number of benzene rings is 2. The van der Waals surface area contributed by atoms with Crippen LogP contribution in [-0.2, 0) is 21.4 Å². The van der Waals surface area contributed by atoms with Gasteiger partial charge in [-0.3, -0.25) is 9.10 Å². The number of carbonyl (C=O) groups is 1. The fourth-order valence-corrected chi connectivity index (χ4v) is 3.28. The highest BCUT2D eigenvalue weighted by atomic mass is 35.5. The van der Waals surface area contributed by atoms with E-state index in [-0.39, 0.29) is 12.5 Å². The highest BCUT2D eigenvalue weighted by molar-refractivity contribution is 7.92. The Morgan fingerprint density at radius 3 is 2.12 bits per heavy atom. The molecule has 25 heavy (non-hydrogen) atoms. The molecule has 5 nitrogen and oxygen atoms in total. The first-order chi connectivity index (χ1) is 11.7. The molecule has 0 bridgehead atoms. The highest BCUT2D eigenvalue weighted by Gasteiger charge is 2.22. The van der Waals surface area contributed by atoms with Crippen LogP contribution >= 0.6 is 11.6 Å². The third kappa shape index (κ3) is 5.47. The molecule has 0 unspecified atom stereocenters. The number of aryl methyl sites for hydroxylation is 1. The lowest BCUT2D eigenvalue weighted by Crippen LogP contribution is -2.41. The lowest BCUT2D eigenvalue weighted by atomic mass is 10.2. The van der Waals surface area contributed by atoms with Gasteiger partial charge in [0.2, 0.25) is 15.9 Å². The third-order valence-corrected chi connectivity index (χ3v) is 5.15. The first-order valence-electron chi connectivity index (χ1n) is 7.69. The summed E-state index contributed by atoms with van der Waals surface area (Å²) >= 11 is 5.85. The van der Waals surface area contributed by atoms with Gasteiger partial charge in [-0.2, -0.15) is 0 Å². The quantitative estimate of drug-likeness (QED) is 0.773. The number of rotatable bonds is 6. The first-order valence-corrected chi connectivity index (χ1v) is 9.92. The molecule has 7 heteroatoms. The van der Waals surface area contributed by atoms with E-state index in [4.69, 9.17) is 11.6 Å². The zero-order valence-electron chi connectivity index (χ0n) is 14.4. The van der Waals surface area contributed by atoms with E-state index >= 15 is 0 Å². The Morgan fingerprint density at radius 2 is 1.60 bits per heavy atom. The molecule has 0 aliphatic rings. The van der Waals surface area contributed by atoms with Crippen LogP contribution in [0.15, 0.2) is 48.5 Å². The molecule has 0 fully saturated rings. The maximum atomic E-state index is 12.5. The van der Waals surface area contributed by atoms with Crippen LogP contribution in [0.25, 0.3) is 0 Å². The van der Waals surface area contributed by atoms with Crippen LogP contribution in [0.5, 0.6) is 0 Å². The molecule has 0 saturated carbocycles. The van der Waals surface area contributed by atoms with Crippen molar-refractivity contribution in [3.8, 4) is 0 Å². The van der Waals surface area contributed by atoms with Crippen molar-refractivity contribution >= 4 is 33.2 Å². The summed E-state index contributed by atoms with van der Waals surface area (Å²) in [6, 6.07) is 14.2. The number of carbonyl (C=O) groups excluding carboxylic acids is 1. The minimum atomic E-state index is -3.57. The van der Waals surface area contributed by atoms with Gasteiger partial charge < -0.3 is 4.90 Å². The van der Waals surface area contributed by atoms with Crippen LogP contribution in [0.1, 0.15) is 11.1 Å². The Balaban J connectivity index is 2.13.